The lowest BCUT2D eigenvalue weighted by atomic mass is 10.4. The molecule has 0 aliphatic carbocycles. The highest BCUT2D eigenvalue weighted by Crippen LogP contribution is 2.32. The van der Waals surface area contributed by atoms with Gasteiger partial charge in [0.05, 0.1) is 0 Å². The van der Waals surface area contributed by atoms with Crippen molar-refractivity contribution in [2.45, 2.75) is 10.2 Å². The van der Waals surface area contributed by atoms with Crippen molar-refractivity contribution in [1.82, 2.24) is 24.7 Å². The highest BCUT2D eigenvalue weighted by molar-refractivity contribution is 7.99. The molecule has 10 heteroatoms. The Morgan fingerprint density at radius 1 is 1.53 bits per heavy atom. The molecule has 3 rings (SSSR count). The van der Waals surface area contributed by atoms with Gasteiger partial charge < -0.3 is 0 Å². The maximum absolute atomic E-state index is 11.3. The molecule has 0 bridgehead atoms. The molecule has 0 saturated carbocycles. The number of hydrogen-bond acceptors (Lipinski definition) is 8. The minimum Gasteiger partial charge on any atom is -0.292 e. The van der Waals surface area contributed by atoms with Gasteiger partial charge in [-0.05, 0) is 23.2 Å². The normalized spacial score (nSPS) is 11.1. The second-order valence-corrected chi connectivity index (χ2v) is 5.46. The molecule has 3 aromatic heterocycles. The minimum atomic E-state index is -0.268. The molecule has 4 N–H and O–H groups in total. The summed E-state index contributed by atoms with van der Waals surface area (Å²) in [6, 6.07) is 1.92. The van der Waals surface area contributed by atoms with Crippen molar-refractivity contribution in [3.05, 3.63) is 21.9 Å². The summed E-state index contributed by atoms with van der Waals surface area (Å²) < 4.78 is 1.42. The molecule has 19 heavy (non-hydrogen) atoms. The first kappa shape index (κ1) is 12.1. The van der Waals surface area contributed by atoms with Crippen molar-refractivity contribution in [3.8, 4) is 0 Å². The van der Waals surface area contributed by atoms with Crippen LogP contribution in [0.1, 0.15) is 0 Å². The maximum atomic E-state index is 11.3. The van der Waals surface area contributed by atoms with Crippen LogP contribution in [0.2, 0.25) is 0 Å². The number of hydrazine groups is 1. The lowest BCUT2D eigenvalue weighted by molar-refractivity contribution is 0.765. The molecule has 0 aliphatic heterocycles. The van der Waals surface area contributed by atoms with Gasteiger partial charge in [0.1, 0.15) is 9.86 Å². The SMILES string of the molecule is Cn1c(Sc2nc(NN)nc3sccc23)n[nH]c1=O. The number of nitrogens with two attached hydrogens (primary N) is 1. The van der Waals surface area contributed by atoms with Gasteiger partial charge >= 0.3 is 5.69 Å². The molecule has 0 radical (unpaired) electrons. The van der Waals surface area contributed by atoms with E-state index >= 15 is 0 Å². The summed E-state index contributed by atoms with van der Waals surface area (Å²) in [6.45, 7) is 0. The van der Waals surface area contributed by atoms with Crippen molar-refractivity contribution >= 4 is 39.3 Å². The van der Waals surface area contributed by atoms with Gasteiger partial charge in [0.15, 0.2) is 5.16 Å². The first-order valence-corrected chi connectivity index (χ1v) is 6.90. The molecule has 0 aromatic carbocycles. The van der Waals surface area contributed by atoms with Gasteiger partial charge in [-0.1, -0.05) is 0 Å². The van der Waals surface area contributed by atoms with Crippen LogP contribution < -0.4 is 17.0 Å². The van der Waals surface area contributed by atoms with Crippen LogP contribution in [-0.2, 0) is 7.05 Å². The number of anilines is 1. The first-order valence-electron chi connectivity index (χ1n) is 5.20. The molecule has 0 atom stereocenters. The number of aromatic nitrogens is 5. The lowest BCUT2D eigenvalue weighted by Gasteiger charge is -2.04. The summed E-state index contributed by atoms with van der Waals surface area (Å²) in [5.74, 6) is 5.68. The molecule has 0 aliphatic rings. The van der Waals surface area contributed by atoms with Crippen LogP contribution in [-0.4, -0.2) is 24.7 Å². The monoisotopic (exact) mass is 295 g/mol. The van der Waals surface area contributed by atoms with E-state index in [1.165, 1.54) is 27.7 Å². The third-order valence-corrected chi connectivity index (χ3v) is 4.30. The number of hydrogen-bond donors (Lipinski definition) is 3. The van der Waals surface area contributed by atoms with Crippen molar-refractivity contribution in [1.29, 1.82) is 0 Å². The molecule has 0 spiro atoms. The van der Waals surface area contributed by atoms with Crippen LogP contribution in [0.25, 0.3) is 10.2 Å². The Morgan fingerprint density at radius 2 is 2.37 bits per heavy atom. The number of nitrogens with zero attached hydrogens (tertiary/aromatic N) is 4. The van der Waals surface area contributed by atoms with Crippen LogP contribution in [0.5, 0.6) is 0 Å². The number of aromatic amines is 1. The third-order valence-electron chi connectivity index (χ3n) is 2.45. The number of rotatable bonds is 3. The Bertz CT molecular complexity index is 789. The summed E-state index contributed by atoms with van der Waals surface area (Å²) in [5, 5.41) is 10.4. The molecule has 98 valence electrons. The Hall–Kier alpha value is -1.91. The predicted octanol–water partition coefficient (Wildman–Crippen LogP) is 0.550. The van der Waals surface area contributed by atoms with E-state index in [4.69, 9.17) is 5.84 Å². The summed E-state index contributed by atoms with van der Waals surface area (Å²) in [4.78, 5) is 20.7. The Balaban J connectivity index is 2.11. The summed E-state index contributed by atoms with van der Waals surface area (Å²) >= 11 is 2.77. The Morgan fingerprint density at radius 3 is 3.05 bits per heavy atom. The Labute approximate surface area is 115 Å². The van der Waals surface area contributed by atoms with E-state index in [2.05, 4.69) is 25.6 Å². The number of H-pyrrole nitrogens is 1. The van der Waals surface area contributed by atoms with E-state index in [-0.39, 0.29) is 5.69 Å². The van der Waals surface area contributed by atoms with Crippen LogP contribution >= 0.6 is 23.1 Å². The molecule has 0 unspecified atom stereocenters. The van der Waals surface area contributed by atoms with Gasteiger partial charge in [0.2, 0.25) is 5.95 Å². The van der Waals surface area contributed by atoms with Gasteiger partial charge in [-0.2, -0.15) is 0 Å². The third kappa shape index (κ3) is 2.09. The lowest BCUT2D eigenvalue weighted by Crippen LogP contribution is -2.13. The maximum Gasteiger partial charge on any atom is 0.343 e. The number of fused-ring (bicyclic) bond motifs is 1. The molecular weight excluding hydrogens is 286 g/mol. The van der Waals surface area contributed by atoms with E-state index in [0.29, 0.717) is 16.1 Å². The van der Waals surface area contributed by atoms with E-state index < -0.39 is 0 Å². The average molecular weight is 295 g/mol. The zero-order valence-electron chi connectivity index (χ0n) is 9.75. The van der Waals surface area contributed by atoms with Crippen LogP contribution in [0.3, 0.4) is 0 Å². The van der Waals surface area contributed by atoms with Gasteiger partial charge in [-0.25, -0.2) is 25.7 Å². The summed E-state index contributed by atoms with van der Waals surface area (Å²) in [5.41, 5.74) is 2.16. The topological polar surface area (TPSA) is 115 Å². The fourth-order valence-corrected chi connectivity index (χ4v) is 3.20. The molecule has 0 saturated heterocycles. The summed E-state index contributed by atoms with van der Waals surface area (Å²) in [6.07, 6.45) is 0. The zero-order chi connectivity index (χ0) is 13.4. The molecular formula is C9H9N7OS2. The number of nitrogens with one attached hydrogen (secondary N) is 2. The molecule has 0 amide bonds. The predicted molar refractivity (Wildman–Crippen MR) is 73.2 cm³/mol. The van der Waals surface area contributed by atoms with Gasteiger partial charge in [-0.15, -0.1) is 16.4 Å². The zero-order valence-corrected chi connectivity index (χ0v) is 11.4. The molecule has 3 aromatic rings. The number of nitrogen functional groups attached to an aromatic ring is 1. The van der Waals surface area contributed by atoms with Crippen molar-refractivity contribution < 1.29 is 0 Å². The quantitative estimate of drug-likeness (QED) is 0.367. The first-order chi connectivity index (χ1) is 9.19. The van der Waals surface area contributed by atoms with Crippen LogP contribution in [0.15, 0.2) is 26.4 Å². The average Bonchev–Trinajstić information content (AvgIpc) is 3.00. The van der Waals surface area contributed by atoms with Crippen molar-refractivity contribution in [3.63, 3.8) is 0 Å². The molecule has 8 nitrogen and oxygen atoms in total. The minimum absolute atomic E-state index is 0.268. The fraction of sp³-hybridized carbons (Fsp3) is 0.111. The molecule has 0 fully saturated rings. The second-order valence-electron chi connectivity index (χ2n) is 3.61. The standard InChI is InChI=1S/C9H9N7OS2/c1-16-8(17)14-15-9(16)19-6-4-2-3-18-5(4)11-7(12-6)13-10/h2-3H,10H2,1H3,(H,14,17)(H,11,12,13). The number of thiophene rings is 1. The van der Waals surface area contributed by atoms with Crippen molar-refractivity contribution in [2.75, 3.05) is 5.43 Å². The van der Waals surface area contributed by atoms with Crippen LogP contribution in [0.4, 0.5) is 5.95 Å². The van der Waals surface area contributed by atoms with E-state index in [1.807, 2.05) is 11.4 Å². The smallest absolute Gasteiger partial charge is 0.292 e. The summed E-state index contributed by atoms with van der Waals surface area (Å²) in [7, 11) is 1.64. The molecule has 3 heterocycles. The van der Waals surface area contributed by atoms with E-state index in [9.17, 15) is 4.79 Å². The second kappa shape index (κ2) is 4.64. The van der Waals surface area contributed by atoms with E-state index in [0.717, 1.165) is 10.2 Å². The van der Waals surface area contributed by atoms with Crippen molar-refractivity contribution in [2.24, 2.45) is 12.9 Å². The highest BCUT2D eigenvalue weighted by atomic mass is 32.2. The van der Waals surface area contributed by atoms with Crippen LogP contribution in [0, 0.1) is 0 Å². The largest absolute Gasteiger partial charge is 0.343 e. The van der Waals surface area contributed by atoms with Gasteiger partial charge in [0, 0.05) is 12.4 Å². The van der Waals surface area contributed by atoms with Gasteiger partial charge in [0.25, 0.3) is 0 Å². The highest BCUT2D eigenvalue weighted by Gasteiger charge is 2.13. The fourth-order valence-electron chi connectivity index (χ4n) is 1.48. The Kier molecular flexibility index (Phi) is 2.97. The van der Waals surface area contributed by atoms with Gasteiger partial charge in [-0.3, -0.25) is 9.99 Å². The van der Waals surface area contributed by atoms with E-state index in [1.54, 1.807) is 7.05 Å².